The van der Waals surface area contributed by atoms with Crippen molar-refractivity contribution in [2.45, 2.75) is 19.8 Å². The van der Waals surface area contributed by atoms with Gasteiger partial charge in [0.05, 0.1) is 5.56 Å². The van der Waals surface area contributed by atoms with Gasteiger partial charge in [0, 0.05) is 19.3 Å². The zero-order chi connectivity index (χ0) is 12.4. The SMILES string of the molecule is CC1CCN(C(=O)c2ccnc(Cl)c2F)CC1. The molecule has 0 aliphatic carbocycles. The van der Waals surface area contributed by atoms with Crippen LogP contribution in [0.5, 0.6) is 0 Å². The molecule has 1 aromatic heterocycles. The molecule has 2 rings (SSSR count). The van der Waals surface area contributed by atoms with Gasteiger partial charge in [0.15, 0.2) is 11.0 Å². The minimum Gasteiger partial charge on any atom is -0.339 e. The maximum absolute atomic E-state index is 13.6. The molecule has 1 fully saturated rings. The summed E-state index contributed by atoms with van der Waals surface area (Å²) in [4.78, 5) is 17.4. The van der Waals surface area contributed by atoms with E-state index in [9.17, 15) is 9.18 Å². The Morgan fingerprint density at radius 3 is 2.82 bits per heavy atom. The van der Waals surface area contributed by atoms with Crippen LogP contribution < -0.4 is 0 Å². The van der Waals surface area contributed by atoms with E-state index in [0.717, 1.165) is 12.8 Å². The van der Waals surface area contributed by atoms with Crippen LogP contribution in [0.2, 0.25) is 5.15 Å². The molecule has 0 N–H and O–H groups in total. The van der Waals surface area contributed by atoms with Crippen LogP contribution in [-0.4, -0.2) is 28.9 Å². The Morgan fingerprint density at radius 2 is 2.18 bits per heavy atom. The van der Waals surface area contributed by atoms with Crippen LogP contribution in [0.3, 0.4) is 0 Å². The summed E-state index contributed by atoms with van der Waals surface area (Å²) in [5, 5.41) is -0.249. The van der Waals surface area contributed by atoms with E-state index in [1.54, 1.807) is 4.90 Å². The summed E-state index contributed by atoms with van der Waals surface area (Å²) in [6, 6.07) is 1.38. The summed E-state index contributed by atoms with van der Waals surface area (Å²) in [6.45, 7) is 3.52. The molecule has 0 radical (unpaired) electrons. The molecule has 1 aromatic rings. The number of carbonyl (C=O) groups is 1. The summed E-state index contributed by atoms with van der Waals surface area (Å²) >= 11 is 5.56. The minimum absolute atomic E-state index is 0.0135. The van der Waals surface area contributed by atoms with Crippen LogP contribution in [0, 0.1) is 11.7 Å². The lowest BCUT2D eigenvalue weighted by Crippen LogP contribution is -2.38. The molecule has 17 heavy (non-hydrogen) atoms. The minimum atomic E-state index is -0.724. The first-order chi connectivity index (χ1) is 8.09. The van der Waals surface area contributed by atoms with Gasteiger partial charge in [0.2, 0.25) is 0 Å². The third-order valence-electron chi connectivity index (χ3n) is 3.15. The van der Waals surface area contributed by atoms with E-state index >= 15 is 0 Å². The molecule has 0 bridgehead atoms. The van der Waals surface area contributed by atoms with Crippen molar-refractivity contribution in [2.24, 2.45) is 5.92 Å². The van der Waals surface area contributed by atoms with Crippen LogP contribution in [0.4, 0.5) is 4.39 Å². The number of nitrogens with zero attached hydrogens (tertiary/aromatic N) is 2. The summed E-state index contributed by atoms with van der Waals surface area (Å²) in [7, 11) is 0. The van der Waals surface area contributed by atoms with Crippen LogP contribution in [0.25, 0.3) is 0 Å². The number of hydrogen-bond acceptors (Lipinski definition) is 2. The predicted molar refractivity (Wildman–Crippen MR) is 63.5 cm³/mol. The van der Waals surface area contributed by atoms with Crippen molar-refractivity contribution in [3.8, 4) is 0 Å². The van der Waals surface area contributed by atoms with Crippen molar-refractivity contribution in [1.29, 1.82) is 0 Å². The highest BCUT2D eigenvalue weighted by atomic mass is 35.5. The Labute approximate surface area is 105 Å². The van der Waals surface area contributed by atoms with Crippen molar-refractivity contribution >= 4 is 17.5 Å². The van der Waals surface area contributed by atoms with Crippen molar-refractivity contribution in [3.05, 3.63) is 28.8 Å². The standard InChI is InChI=1S/C12H14ClFN2O/c1-8-3-6-16(7-4-8)12(17)9-2-5-15-11(13)10(9)14/h2,5,8H,3-4,6-7H2,1H3. The lowest BCUT2D eigenvalue weighted by molar-refractivity contribution is 0.0692. The van der Waals surface area contributed by atoms with E-state index in [-0.39, 0.29) is 16.6 Å². The molecule has 0 saturated carbocycles. The van der Waals surface area contributed by atoms with Gasteiger partial charge in [-0.2, -0.15) is 0 Å². The topological polar surface area (TPSA) is 33.2 Å². The third-order valence-corrected chi connectivity index (χ3v) is 3.41. The summed E-state index contributed by atoms with van der Waals surface area (Å²) in [5.41, 5.74) is 0.0135. The molecule has 2 heterocycles. The monoisotopic (exact) mass is 256 g/mol. The molecule has 0 atom stereocenters. The van der Waals surface area contributed by atoms with E-state index in [0.29, 0.717) is 19.0 Å². The van der Waals surface area contributed by atoms with Gasteiger partial charge in [0.1, 0.15) is 0 Å². The molecular weight excluding hydrogens is 243 g/mol. The normalized spacial score (nSPS) is 17.2. The van der Waals surface area contributed by atoms with Crippen LogP contribution >= 0.6 is 11.6 Å². The molecule has 0 aromatic carbocycles. The second-order valence-corrected chi connectivity index (χ2v) is 4.80. The maximum Gasteiger partial charge on any atom is 0.257 e. The second kappa shape index (κ2) is 5.00. The Hall–Kier alpha value is -1.16. The van der Waals surface area contributed by atoms with Crippen LogP contribution in [-0.2, 0) is 0 Å². The third kappa shape index (κ3) is 2.57. The van der Waals surface area contributed by atoms with Gasteiger partial charge in [-0.15, -0.1) is 0 Å². The molecule has 1 saturated heterocycles. The largest absolute Gasteiger partial charge is 0.339 e. The molecule has 3 nitrogen and oxygen atoms in total. The molecule has 1 aliphatic heterocycles. The smallest absolute Gasteiger partial charge is 0.257 e. The van der Waals surface area contributed by atoms with Gasteiger partial charge in [0.25, 0.3) is 5.91 Å². The number of carbonyl (C=O) groups excluding carboxylic acids is 1. The Morgan fingerprint density at radius 1 is 1.53 bits per heavy atom. The maximum atomic E-state index is 13.6. The number of pyridine rings is 1. The average Bonchev–Trinajstić information content (AvgIpc) is 2.33. The number of aromatic nitrogens is 1. The molecule has 1 aliphatic rings. The van der Waals surface area contributed by atoms with Crippen LogP contribution in [0.15, 0.2) is 12.3 Å². The highest BCUT2D eigenvalue weighted by Gasteiger charge is 2.24. The van der Waals surface area contributed by atoms with Crippen molar-refractivity contribution in [2.75, 3.05) is 13.1 Å². The van der Waals surface area contributed by atoms with E-state index in [4.69, 9.17) is 11.6 Å². The van der Waals surface area contributed by atoms with Gasteiger partial charge in [-0.25, -0.2) is 9.37 Å². The first-order valence-corrected chi connectivity index (χ1v) is 6.06. The zero-order valence-electron chi connectivity index (χ0n) is 9.62. The van der Waals surface area contributed by atoms with E-state index in [1.165, 1.54) is 12.3 Å². The van der Waals surface area contributed by atoms with Gasteiger partial charge >= 0.3 is 0 Å². The fourth-order valence-electron chi connectivity index (χ4n) is 1.97. The van der Waals surface area contributed by atoms with Crippen molar-refractivity contribution in [1.82, 2.24) is 9.88 Å². The van der Waals surface area contributed by atoms with E-state index in [1.807, 2.05) is 0 Å². The van der Waals surface area contributed by atoms with Crippen molar-refractivity contribution in [3.63, 3.8) is 0 Å². The molecule has 1 amide bonds. The molecule has 0 unspecified atom stereocenters. The fourth-order valence-corrected chi connectivity index (χ4v) is 2.12. The zero-order valence-corrected chi connectivity index (χ0v) is 10.4. The number of rotatable bonds is 1. The molecule has 92 valence electrons. The Balaban J connectivity index is 2.17. The van der Waals surface area contributed by atoms with Gasteiger partial charge in [-0.3, -0.25) is 4.79 Å². The quantitative estimate of drug-likeness (QED) is 0.724. The first-order valence-electron chi connectivity index (χ1n) is 5.69. The lowest BCUT2D eigenvalue weighted by atomic mass is 9.99. The highest BCUT2D eigenvalue weighted by molar-refractivity contribution is 6.29. The average molecular weight is 257 g/mol. The van der Waals surface area contributed by atoms with Gasteiger partial charge in [-0.05, 0) is 24.8 Å². The molecular formula is C12H14ClFN2O. The summed E-state index contributed by atoms with van der Waals surface area (Å²) in [6.07, 6.45) is 3.28. The molecule has 0 spiro atoms. The summed E-state index contributed by atoms with van der Waals surface area (Å²) < 4.78 is 13.6. The fraction of sp³-hybridized carbons (Fsp3) is 0.500. The highest BCUT2D eigenvalue weighted by Crippen LogP contribution is 2.21. The van der Waals surface area contributed by atoms with E-state index < -0.39 is 5.82 Å². The van der Waals surface area contributed by atoms with Gasteiger partial charge < -0.3 is 4.90 Å². The summed E-state index contributed by atoms with van der Waals surface area (Å²) in [5.74, 6) is -0.388. The second-order valence-electron chi connectivity index (χ2n) is 4.44. The first kappa shape index (κ1) is 12.3. The number of amides is 1. The van der Waals surface area contributed by atoms with Gasteiger partial charge in [-0.1, -0.05) is 18.5 Å². The predicted octanol–water partition coefficient (Wildman–Crippen LogP) is 2.75. The number of halogens is 2. The van der Waals surface area contributed by atoms with Crippen LogP contribution in [0.1, 0.15) is 30.1 Å². The Bertz CT molecular complexity index is 431. The van der Waals surface area contributed by atoms with E-state index in [2.05, 4.69) is 11.9 Å². The Kier molecular flexibility index (Phi) is 3.62. The van der Waals surface area contributed by atoms with Crippen molar-refractivity contribution < 1.29 is 9.18 Å². The molecule has 5 heteroatoms. The number of likely N-dealkylation sites (tertiary alicyclic amines) is 1. The number of hydrogen-bond donors (Lipinski definition) is 0. The number of piperidine rings is 1. The lowest BCUT2D eigenvalue weighted by Gasteiger charge is -2.30.